The Balaban J connectivity index is 2.27. The molecule has 2 aromatic carbocycles. The molecule has 3 heteroatoms. The maximum atomic E-state index is 5.73. The van der Waals surface area contributed by atoms with Gasteiger partial charge in [0.25, 0.3) is 0 Å². The smallest absolute Gasteiger partial charge is 0.525 e. The molecule has 2 nitrogen and oxygen atoms in total. The molecule has 0 aromatic heterocycles. The Hall–Kier alpha value is -1.64. The summed E-state index contributed by atoms with van der Waals surface area (Å²) in [6.07, 6.45) is 0.852. The van der Waals surface area contributed by atoms with E-state index in [1.165, 1.54) is 5.39 Å². The predicted octanol–water partition coefficient (Wildman–Crippen LogP) is 3.12. The fourth-order valence-corrected chi connectivity index (χ4v) is 1.94. The highest BCUT2D eigenvalue weighted by Gasteiger charge is 2.27. The Labute approximate surface area is 89.0 Å². The molecule has 2 aromatic rings. The standard InChI is InChI=1S/C12H11BO2/c1-2-13-14-10-7-3-5-9-6-4-8-11(15-13)12(9)10/h3-8H,2H2,1H3. The van der Waals surface area contributed by atoms with E-state index in [4.69, 9.17) is 9.31 Å². The third kappa shape index (κ3) is 1.27. The highest BCUT2D eigenvalue weighted by Crippen LogP contribution is 2.37. The molecule has 0 fully saturated rings. The van der Waals surface area contributed by atoms with Gasteiger partial charge in [0, 0.05) is 6.32 Å². The molecular weight excluding hydrogens is 187 g/mol. The van der Waals surface area contributed by atoms with Gasteiger partial charge in [0.05, 0.1) is 5.39 Å². The second-order valence-electron chi connectivity index (χ2n) is 3.68. The summed E-state index contributed by atoms with van der Waals surface area (Å²) >= 11 is 0. The van der Waals surface area contributed by atoms with Crippen LogP contribution < -0.4 is 9.31 Å². The van der Waals surface area contributed by atoms with Crippen LogP contribution >= 0.6 is 0 Å². The quantitative estimate of drug-likeness (QED) is 0.655. The summed E-state index contributed by atoms with van der Waals surface area (Å²) in [5, 5.41) is 2.25. The van der Waals surface area contributed by atoms with E-state index >= 15 is 0 Å². The molecule has 1 aliphatic rings. The third-order valence-electron chi connectivity index (χ3n) is 2.68. The summed E-state index contributed by atoms with van der Waals surface area (Å²) in [7, 11) is -0.148. The molecule has 0 bridgehead atoms. The Morgan fingerprint density at radius 2 is 1.60 bits per heavy atom. The fraction of sp³-hybridized carbons (Fsp3) is 0.167. The van der Waals surface area contributed by atoms with Gasteiger partial charge in [-0.3, -0.25) is 0 Å². The van der Waals surface area contributed by atoms with E-state index in [0.29, 0.717) is 0 Å². The van der Waals surface area contributed by atoms with Crippen LogP contribution in [0, 0.1) is 0 Å². The lowest BCUT2D eigenvalue weighted by atomic mass is 9.84. The van der Waals surface area contributed by atoms with E-state index < -0.39 is 0 Å². The van der Waals surface area contributed by atoms with Gasteiger partial charge in [-0.05, 0) is 17.5 Å². The van der Waals surface area contributed by atoms with Gasteiger partial charge in [0.1, 0.15) is 11.5 Å². The molecule has 0 aliphatic carbocycles. The third-order valence-corrected chi connectivity index (χ3v) is 2.68. The van der Waals surface area contributed by atoms with Crippen LogP contribution in [0.3, 0.4) is 0 Å². The van der Waals surface area contributed by atoms with E-state index in [0.717, 1.165) is 23.2 Å². The largest absolute Gasteiger partial charge is 0.594 e. The molecule has 0 saturated heterocycles. The van der Waals surface area contributed by atoms with E-state index in [9.17, 15) is 0 Å². The second kappa shape index (κ2) is 3.19. The molecule has 0 N–H and O–H groups in total. The van der Waals surface area contributed by atoms with Gasteiger partial charge in [-0.2, -0.15) is 0 Å². The molecule has 1 aliphatic heterocycles. The molecule has 0 spiro atoms. The van der Waals surface area contributed by atoms with Crippen molar-refractivity contribution in [2.24, 2.45) is 0 Å². The van der Waals surface area contributed by atoms with Crippen molar-refractivity contribution < 1.29 is 9.31 Å². The Bertz CT molecular complexity index is 469. The van der Waals surface area contributed by atoms with Gasteiger partial charge < -0.3 is 9.31 Å². The van der Waals surface area contributed by atoms with Crippen LogP contribution in [0.15, 0.2) is 36.4 Å². The van der Waals surface area contributed by atoms with E-state index in [-0.39, 0.29) is 7.12 Å². The minimum absolute atomic E-state index is 0.148. The van der Waals surface area contributed by atoms with Crippen LogP contribution in [0.4, 0.5) is 0 Å². The lowest BCUT2D eigenvalue weighted by Gasteiger charge is -2.23. The summed E-state index contributed by atoms with van der Waals surface area (Å²) in [5.74, 6) is 1.86. The Morgan fingerprint density at radius 1 is 1.00 bits per heavy atom. The van der Waals surface area contributed by atoms with Crippen molar-refractivity contribution in [1.82, 2.24) is 0 Å². The van der Waals surface area contributed by atoms with Gasteiger partial charge in [-0.15, -0.1) is 0 Å². The highest BCUT2D eigenvalue weighted by atomic mass is 16.6. The fourth-order valence-electron chi connectivity index (χ4n) is 1.94. The topological polar surface area (TPSA) is 18.5 Å². The molecule has 0 amide bonds. The monoisotopic (exact) mass is 198 g/mol. The normalized spacial score (nSPS) is 13.5. The molecule has 3 rings (SSSR count). The van der Waals surface area contributed by atoms with Crippen molar-refractivity contribution in [3.05, 3.63) is 36.4 Å². The van der Waals surface area contributed by atoms with Crippen LogP contribution in [0.2, 0.25) is 6.32 Å². The summed E-state index contributed by atoms with van der Waals surface area (Å²) in [6.45, 7) is 2.05. The van der Waals surface area contributed by atoms with Crippen molar-refractivity contribution in [2.45, 2.75) is 13.2 Å². The summed E-state index contributed by atoms with van der Waals surface area (Å²) < 4.78 is 11.5. The molecular formula is C12H11BO2. The minimum atomic E-state index is -0.148. The number of hydrogen-bond donors (Lipinski definition) is 0. The van der Waals surface area contributed by atoms with Crippen molar-refractivity contribution in [3.8, 4) is 11.5 Å². The SMILES string of the molecule is CCB1Oc2cccc3cccc(c23)O1. The summed E-state index contributed by atoms with van der Waals surface area (Å²) in [6, 6.07) is 12.2. The first-order valence-corrected chi connectivity index (χ1v) is 5.23. The average molecular weight is 198 g/mol. The predicted molar refractivity (Wildman–Crippen MR) is 61.4 cm³/mol. The Morgan fingerprint density at radius 3 is 2.13 bits per heavy atom. The van der Waals surface area contributed by atoms with E-state index in [2.05, 4.69) is 19.1 Å². The van der Waals surface area contributed by atoms with Gasteiger partial charge >= 0.3 is 7.12 Å². The van der Waals surface area contributed by atoms with Gasteiger partial charge in [-0.1, -0.05) is 31.2 Å². The van der Waals surface area contributed by atoms with Crippen LogP contribution in [-0.2, 0) is 0 Å². The zero-order valence-corrected chi connectivity index (χ0v) is 8.57. The van der Waals surface area contributed by atoms with Crippen LogP contribution in [-0.4, -0.2) is 7.12 Å². The van der Waals surface area contributed by atoms with Crippen molar-refractivity contribution in [3.63, 3.8) is 0 Å². The first kappa shape index (κ1) is 8.66. The number of rotatable bonds is 1. The average Bonchev–Trinajstić information content (AvgIpc) is 2.29. The van der Waals surface area contributed by atoms with Crippen molar-refractivity contribution in [1.29, 1.82) is 0 Å². The number of hydrogen-bond acceptors (Lipinski definition) is 2. The lowest BCUT2D eigenvalue weighted by molar-refractivity contribution is 0.412. The highest BCUT2D eigenvalue weighted by molar-refractivity contribution is 6.47. The molecule has 74 valence electrons. The lowest BCUT2D eigenvalue weighted by Crippen LogP contribution is -2.31. The molecule has 0 unspecified atom stereocenters. The van der Waals surface area contributed by atoms with Gasteiger partial charge in [0.2, 0.25) is 0 Å². The molecule has 15 heavy (non-hydrogen) atoms. The van der Waals surface area contributed by atoms with Crippen LogP contribution in [0.5, 0.6) is 11.5 Å². The zero-order chi connectivity index (χ0) is 10.3. The molecule has 1 heterocycles. The van der Waals surface area contributed by atoms with Crippen molar-refractivity contribution in [2.75, 3.05) is 0 Å². The maximum absolute atomic E-state index is 5.73. The Kier molecular flexibility index (Phi) is 1.84. The zero-order valence-electron chi connectivity index (χ0n) is 8.57. The number of benzene rings is 2. The van der Waals surface area contributed by atoms with E-state index in [1.807, 2.05) is 24.3 Å². The molecule has 0 radical (unpaired) electrons. The van der Waals surface area contributed by atoms with E-state index in [1.54, 1.807) is 0 Å². The summed E-state index contributed by atoms with van der Waals surface area (Å²) in [5.41, 5.74) is 0. The van der Waals surface area contributed by atoms with Gasteiger partial charge in [-0.25, -0.2) is 0 Å². The van der Waals surface area contributed by atoms with Crippen LogP contribution in [0.25, 0.3) is 10.8 Å². The second-order valence-corrected chi connectivity index (χ2v) is 3.68. The maximum Gasteiger partial charge on any atom is 0.594 e. The van der Waals surface area contributed by atoms with Gasteiger partial charge in [0.15, 0.2) is 0 Å². The molecule has 0 atom stereocenters. The van der Waals surface area contributed by atoms with Crippen molar-refractivity contribution >= 4 is 17.9 Å². The first-order chi connectivity index (χ1) is 7.38. The summed E-state index contributed by atoms with van der Waals surface area (Å²) in [4.78, 5) is 0. The first-order valence-electron chi connectivity index (χ1n) is 5.23. The van der Waals surface area contributed by atoms with Crippen LogP contribution in [0.1, 0.15) is 6.92 Å². The molecule has 0 saturated carbocycles. The minimum Gasteiger partial charge on any atom is -0.525 e.